The summed E-state index contributed by atoms with van der Waals surface area (Å²) in [6.45, 7) is 2.78. The van der Waals surface area contributed by atoms with Crippen LogP contribution >= 0.6 is 0 Å². The van der Waals surface area contributed by atoms with Crippen LogP contribution in [0.25, 0.3) is 0 Å². The van der Waals surface area contributed by atoms with Crippen LogP contribution in [0.3, 0.4) is 0 Å². The molecule has 1 fully saturated rings. The first-order chi connectivity index (χ1) is 11.2. The SMILES string of the molecule is Cc1nc([C@H]2CCCCN2C(=O)c2ccc3c(c2)OCO3)n[nH]1. The summed E-state index contributed by atoms with van der Waals surface area (Å²) in [5.41, 5.74) is 0.605. The Kier molecular flexibility index (Phi) is 3.40. The molecule has 3 heterocycles. The molecule has 7 nitrogen and oxygen atoms in total. The van der Waals surface area contributed by atoms with Gasteiger partial charge in [0, 0.05) is 12.1 Å². The van der Waals surface area contributed by atoms with Crippen molar-refractivity contribution in [3.05, 3.63) is 35.4 Å². The van der Waals surface area contributed by atoms with E-state index in [9.17, 15) is 4.79 Å². The monoisotopic (exact) mass is 314 g/mol. The highest BCUT2D eigenvalue weighted by molar-refractivity contribution is 5.95. The van der Waals surface area contributed by atoms with Crippen molar-refractivity contribution in [2.75, 3.05) is 13.3 Å². The highest BCUT2D eigenvalue weighted by Crippen LogP contribution is 2.35. The molecule has 0 spiro atoms. The summed E-state index contributed by atoms with van der Waals surface area (Å²) < 4.78 is 10.7. The van der Waals surface area contributed by atoms with E-state index >= 15 is 0 Å². The molecule has 2 aliphatic heterocycles. The predicted octanol–water partition coefficient (Wildman–Crippen LogP) is 2.21. The number of nitrogens with zero attached hydrogens (tertiary/aromatic N) is 3. The van der Waals surface area contributed by atoms with Crippen molar-refractivity contribution in [1.29, 1.82) is 0 Å². The molecule has 1 N–H and O–H groups in total. The third-order valence-corrected chi connectivity index (χ3v) is 4.30. The molecule has 120 valence electrons. The normalized spacial score (nSPS) is 19.9. The minimum absolute atomic E-state index is 0.0181. The van der Waals surface area contributed by atoms with Gasteiger partial charge in [-0.2, -0.15) is 5.10 Å². The number of likely N-dealkylation sites (tertiary alicyclic amines) is 1. The Morgan fingerprint density at radius 2 is 2.17 bits per heavy atom. The van der Waals surface area contributed by atoms with Crippen LogP contribution in [0, 0.1) is 6.92 Å². The van der Waals surface area contributed by atoms with Gasteiger partial charge < -0.3 is 14.4 Å². The molecule has 4 rings (SSSR count). The average molecular weight is 314 g/mol. The number of carbonyl (C=O) groups excluding carboxylic acids is 1. The van der Waals surface area contributed by atoms with Crippen LogP contribution in [-0.4, -0.2) is 39.3 Å². The molecule has 0 aliphatic carbocycles. The van der Waals surface area contributed by atoms with Crippen LogP contribution in [0.4, 0.5) is 0 Å². The van der Waals surface area contributed by atoms with Crippen LogP contribution in [0.1, 0.15) is 47.3 Å². The highest BCUT2D eigenvalue weighted by atomic mass is 16.7. The van der Waals surface area contributed by atoms with E-state index in [1.54, 1.807) is 18.2 Å². The first-order valence-electron chi connectivity index (χ1n) is 7.82. The van der Waals surface area contributed by atoms with Gasteiger partial charge in [0.05, 0.1) is 6.04 Å². The van der Waals surface area contributed by atoms with E-state index in [2.05, 4.69) is 15.2 Å². The first kappa shape index (κ1) is 14.0. The molecule has 0 unspecified atom stereocenters. The number of aryl methyl sites for hydroxylation is 1. The number of fused-ring (bicyclic) bond motifs is 1. The number of aromatic nitrogens is 3. The molecule has 1 aromatic carbocycles. The predicted molar refractivity (Wildman–Crippen MR) is 81.3 cm³/mol. The zero-order valence-corrected chi connectivity index (χ0v) is 12.9. The molecule has 23 heavy (non-hydrogen) atoms. The second-order valence-corrected chi connectivity index (χ2v) is 5.86. The van der Waals surface area contributed by atoms with Crippen molar-refractivity contribution in [2.45, 2.75) is 32.2 Å². The van der Waals surface area contributed by atoms with E-state index in [0.29, 0.717) is 29.4 Å². The Bertz CT molecular complexity index is 743. The molecule has 0 saturated carbocycles. The number of hydrogen-bond donors (Lipinski definition) is 1. The Balaban J connectivity index is 1.62. The van der Waals surface area contributed by atoms with Crippen molar-refractivity contribution < 1.29 is 14.3 Å². The molecular weight excluding hydrogens is 296 g/mol. The maximum absolute atomic E-state index is 13.0. The second kappa shape index (κ2) is 5.57. The Hall–Kier alpha value is -2.57. The number of nitrogens with one attached hydrogen (secondary N) is 1. The molecule has 1 atom stereocenters. The fourth-order valence-electron chi connectivity index (χ4n) is 3.15. The van der Waals surface area contributed by atoms with Gasteiger partial charge in [-0.3, -0.25) is 9.89 Å². The summed E-state index contributed by atoms with van der Waals surface area (Å²) in [6, 6.07) is 5.24. The van der Waals surface area contributed by atoms with Crippen molar-refractivity contribution in [3.63, 3.8) is 0 Å². The number of piperidine rings is 1. The summed E-state index contributed by atoms with van der Waals surface area (Å²) in [7, 11) is 0. The van der Waals surface area contributed by atoms with Gasteiger partial charge >= 0.3 is 0 Å². The number of hydrogen-bond acceptors (Lipinski definition) is 5. The van der Waals surface area contributed by atoms with Gasteiger partial charge in [0.1, 0.15) is 5.82 Å². The minimum atomic E-state index is -0.0772. The van der Waals surface area contributed by atoms with Crippen molar-refractivity contribution in [1.82, 2.24) is 20.1 Å². The number of amides is 1. The van der Waals surface area contributed by atoms with Gasteiger partial charge in [-0.1, -0.05) is 0 Å². The van der Waals surface area contributed by atoms with Crippen LogP contribution in [-0.2, 0) is 0 Å². The molecule has 7 heteroatoms. The van der Waals surface area contributed by atoms with Gasteiger partial charge in [0.2, 0.25) is 6.79 Å². The van der Waals surface area contributed by atoms with Gasteiger partial charge in [0.15, 0.2) is 17.3 Å². The van der Waals surface area contributed by atoms with Gasteiger partial charge in [0.25, 0.3) is 5.91 Å². The molecule has 1 aromatic heterocycles. The molecule has 0 bridgehead atoms. The molecule has 1 saturated heterocycles. The molecule has 2 aromatic rings. The van der Waals surface area contributed by atoms with Crippen molar-refractivity contribution >= 4 is 5.91 Å². The van der Waals surface area contributed by atoms with Crippen LogP contribution in [0.2, 0.25) is 0 Å². The van der Waals surface area contributed by atoms with Crippen molar-refractivity contribution in [3.8, 4) is 11.5 Å². The summed E-state index contributed by atoms with van der Waals surface area (Å²) in [6.07, 6.45) is 2.95. The number of rotatable bonds is 2. The highest BCUT2D eigenvalue weighted by Gasteiger charge is 2.31. The first-order valence-corrected chi connectivity index (χ1v) is 7.82. The van der Waals surface area contributed by atoms with E-state index < -0.39 is 0 Å². The number of H-pyrrole nitrogens is 1. The van der Waals surface area contributed by atoms with Gasteiger partial charge in [-0.25, -0.2) is 4.98 Å². The number of carbonyl (C=O) groups is 1. The van der Waals surface area contributed by atoms with Crippen LogP contribution < -0.4 is 9.47 Å². The lowest BCUT2D eigenvalue weighted by Gasteiger charge is -2.34. The van der Waals surface area contributed by atoms with Gasteiger partial charge in [-0.15, -0.1) is 0 Å². The third-order valence-electron chi connectivity index (χ3n) is 4.30. The molecule has 1 amide bonds. The standard InChI is InChI=1S/C16H18N4O3/c1-10-17-15(19-18-10)12-4-2-3-7-20(12)16(21)11-5-6-13-14(8-11)23-9-22-13/h5-6,8,12H,2-4,7,9H2,1H3,(H,17,18,19)/t12-/m1/s1. The largest absolute Gasteiger partial charge is 0.454 e. The third kappa shape index (κ3) is 2.52. The maximum Gasteiger partial charge on any atom is 0.254 e. The maximum atomic E-state index is 13.0. The number of benzene rings is 1. The van der Waals surface area contributed by atoms with Crippen LogP contribution in [0.5, 0.6) is 11.5 Å². The fraction of sp³-hybridized carbons (Fsp3) is 0.438. The Morgan fingerprint density at radius 1 is 1.30 bits per heavy atom. The number of ether oxygens (including phenoxy) is 2. The number of aromatic amines is 1. The quantitative estimate of drug-likeness (QED) is 0.919. The van der Waals surface area contributed by atoms with E-state index in [0.717, 1.165) is 25.1 Å². The minimum Gasteiger partial charge on any atom is -0.454 e. The average Bonchev–Trinajstić information content (AvgIpc) is 3.22. The van der Waals surface area contributed by atoms with E-state index in [1.165, 1.54) is 0 Å². The van der Waals surface area contributed by atoms with E-state index in [4.69, 9.17) is 9.47 Å². The summed E-state index contributed by atoms with van der Waals surface area (Å²) in [5.74, 6) is 2.74. The summed E-state index contributed by atoms with van der Waals surface area (Å²) in [4.78, 5) is 19.2. The second-order valence-electron chi connectivity index (χ2n) is 5.86. The summed E-state index contributed by atoms with van der Waals surface area (Å²) >= 11 is 0. The lowest BCUT2D eigenvalue weighted by atomic mass is 10.00. The van der Waals surface area contributed by atoms with Gasteiger partial charge in [-0.05, 0) is 44.4 Å². The zero-order chi connectivity index (χ0) is 15.8. The summed E-state index contributed by atoms with van der Waals surface area (Å²) in [5, 5.41) is 7.11. The smallest absolute Gasteiger partial charge is 0.254 e. The van der Waals surface area contributed by atoms with E-state index in [-0.39, 0.29) is 18.7 Å². The molecular formula is C16H18N4O3. The fourth-order valence-corrected chi connectivity index (χ4v) is 3.15. The lowest BCUT2D eigenvalue weighted by molar-refractivity contribution is 0.0600. The topological polar surface area (TPSA) is 80.3 Å². The molecule has 0 radical (unpaired) electrons. The Labute approximate surface area is 133 Å². The zero-order valence-electron chi connectivity index (χ0n) is 12.9. The van der Waals surface area contributed by atoms with Crippen molar-refractivity contribution in [2.24, 2.45) is 0 Å². The molecule has 2 aliphatic rings. The lowest BCUT2D eigenvalue weighted by Crippen LogP contribution is -2.39. The van der Waals surface area contributed by atoms with E-state index in [1.807, 2.05) is 11.8 Å². The van der Waals surface area contributed by atoms with Crippen LogP contribution in [0.15, 0.2) is 18.2 Å². The Morgan fingerprint density at radius 3 is 3.00 bits per heavy atom.